The van der Waals surface area contributed by atoms with Gasteiger partial charge in [0.1, 0.15) is 5.75 Å². The minimum atomic E-state index is 0. The number of aliphatic imine (C=N–C) groups is 1. The van der Waals surface area contributed by atoms with Crippen molar-refractivity contribution >= 4 is 29.9 Å². The minimum Gasteiger partial charge on any atom is -0.496 e. The van der Waals surface area contributed by atoms with Gasteiger partial charge in [-0.2, -0.15) is 0 Å². The van der Waals surface area contributed by atoms with Crippen LogP contribution < -0.4 is 15.4 Å². The van der Waals surface area contributed by atoms with Gasteiger partial charge in [0.2, 0.25) is 0 Å². The third-order valence-corrected chi connectivity index (χ3v) is 4.79. The van der Waals surface area contributed by atoms with Crippen LogP contribution in [0.1, 0.15) is 16.7 Å². The Bertz CT molecular complexity index is 750. The van der Waals surface area contributed by atoms with Gasteiger partial charge in [-0.1, -0.05) is 42.5 Å². The van der Waals surface area contributed by atoms with E-state index in [1.54, 1.807) is 14.2 Å². The lowest BCUT2D eigenvalue weighted by atomic mass is 10.00. The van der Waals surface area contributed by atoms with Gasteiger partial charge < -0.3 is 15.4 Å². The molecule has 0 bridgehead atoms. The summed E-state index contributed by atoms with van der Waals surface area (Å²) in [5, 5.41) is 6.76. The van der Waals surface area contributed by atoms with Crippen LogP contribution in [0.2, 0.25) is 0 Å². The van der Waals surface area contributed by atoms with Crippen LogP contribution in [0.4, 0.5) is 0 Å². The molecule has 0 saturated carbocycles. The SMILES string of the molecule is CN=C(NCCN1CCc2ccccc2C1)NCc1ccccc1OC.I. The summed E-state index contributed by atoms with van der Waals surface area (Å²) < 4.78 is 5.39. The van der Waals surface area contributed by atoms with Crippen molar-refractivity contribution in [1.29, 1.82) is 0 Å². The largest absolute Gasteiger partial charge is 0.496 e. The molecule has 1 aliphatic heterocycles. The van der Waals surface area contributed by atoms with E-state index in [4.69, 9.17) is 4.74 Å². The van der Waals surface area contributed by atoms with Crippen LogP contribution >= 0.6 is 24.0 Å². The monoisotopic (exact) mass is 480 g/mol. The number of fused-ring (bicyclic) bond motifs is 1. The molecule has 0 fully saturated rings. The van der Waals surface area contributed by atoms with Crippen molar-refractivity contribution in [3.8, 4) is 5.75 Å². The molecule has 0 saturated heterocycles. The molecule has 27 heavy (non-hydrogen) atoms. The summed E-state index contributed by atoms with van der Waals surface area (Å²) in [6, 6.07) is 16.8. The number of hydrogen-bond donors (Lipinski definition) is 2. The standard InChI is InChI=1S/C21H28N4O.HI/c1-22-21(24-15-18-8-5-6-10-20(18)26-2)23-12-14-25-13-11-17-7-3-4-9-19(17)16-25;/h3-10H,11-16H2,1-2H3,(H2,22,23,24);1H. The van der Waals surface area contributed by atoms with E-state index in [9.17, 15) is 0 Å². The number of halogens is 1. The van der Waals surface area contributed by atoms with E-state index in [0.29, 0.717) is 6.54 Å². The lowest BCUT2D eigenvalue weighted by Crippen LogP contribution is -2.42. The molecule has 0 radical (unpaired) electrons. The highest BCUT2D eigenvalue weighted by Gasteiger charge is 2.15. The summed E-state index contributed by atoms with van der Waals surface area (Å²) in [5.74, 6) is 1.70. The fourth-order valence-corrected chi connectivity index (χ4v) is 3.33. The molecule has 0 atom stereocenters. The van der Waals surface area contributed by atoms with Crippen LogP contribution in [0, 0.1) is 0 Å². The molecular formula is C21H29IN4O. The number of rotatable bonds is 6. The highest BCUT2D eigenvalue weighted by atomic mass is 127. The predicted octanol–water partition coefficient (Wildman–Crippen LogP) is 3.04. The van der Waals surface area contributed by atoms with Crippen molar-refractivity contribution in [2.24, 2.45) is 4.99 Å². The van der Waals surface area contributed by atoms with Crippen LogP contribution in [-0.2, 0) is 19.5 Å². The van der Waals surface area contributed by atoms with Gasteiger partial charge in [-0.15, -0.1) is 24.0 Å². The molecular weight excluding hydrogens is 451 g/mol. The van der Waals surface area contributed by atoms with E-state index >= 15 is 0 Å². The number of ether oxygens (including phenoxy) is 1. The number of guanidine groups is 1. The summed E-state index contributed by atoms with van der Waals surface area (Å²) in [7, 11) is 3.50. The second-order valence-electron chi connectivity index (χ2n) is 6.46. The van der Waals surface area contributed by atoms with Crippen LogP contribution in [0.25, 0.3) is 0 Å². The fraction of sp³-hybridized carbons (Fsp3) is 0.381. The fourth-order valence-electron chi connectivity index (χ4n) is 3.33. The molecule has 5 nitrogen and oxygen atoms in total. The van der Waals surface area contributed by atoms with E-state index in [-0.39, 0.29) is 24.0 Å². The molecule has 2 aromatic carbocycles. The Morgan fingerprint density at radius 3 is 2.59 bits per heavy atom. The summed E-state index contributed by atoms with van der Waals surface area (Å²) in [5.41, 5.74) is 4.06. The van der Waals surface area contributed by atoms with Crippen LogP contribution in [-0.4, -0.2) is 44.7 Å². The van der Waals surface area contributed by atoms with E-state index < -0.39 is 0 Å². The van der Waals surface area contributed by atoms with Crippen molar-refractivity contribution in [2.75, 3.05) is 33.8 Å². The van der Waals surface area contributed by atoms with Crippen molar-refractivity contribution in [3.63, 3.8) is 0 Å². The molecule has 2 N–H and O–H groups in total. The van der Waals surface area contributed by atoms with E-state index in [1.807, 2.05) is 18.2 Å². The lowest BCUT2D eigenvalue weighted by molar-refractivity contribution is 0.258. The minimum absolute atomic E-state index is 0. The molecule has 6 heteroatoms. The van der Waals surface area contributed by atoms with E-state index in [1.165, 1.54) is 11.1 Å². The van der Waals surface area contributed by atoms with Gasteiger partial charge >= 0.3 is 0 Å². The normalized spacial score (nSPS) is 14.1. The summed E-state index contributed by atoms with van der Waals surface area (Å²) in [4.78, 5) is 6.80. The number of nitrogens with one attached hydrogen (secondary N) is 2. The first-order valence-electron chi connectivity index (χ1n) is 9.15. The number of para-hydroxylation sites is 1. The Hall–Kier alpha value is -1.80. The molecule has 1 heterocycles. The van der Waals surface area contributed by atoms with Gasteiger partial charge in [0.25, 0.3) is 0 Å². The maximum atomic E-state index is 5.39. The zero-order chi connectivity index (χ0) is 18.2. The zero-order valence-electron chi connectivity index (χ0n) is 16.1. The Labute approximate surface area is 179 Å². The molecule has 0 aromatic heterocycles. The molecule has 0 spiro atoms. The highest BCUT2D eigenvalue weighted by molar-refractivity contribution is 14.0. The first-order chi connectivity index (χ1) is 12.8. The molecule has 0 unspecified atom stereocenters. The molecule has 146 valence electrons. The first kappa shape index (κ1) is 21.5. The van der Waals surface area contributed by atoms with Gasteiger partial charge in [-0.3, -0.25) is 9.89 Å². The second kappa shape index (κ2) is 11.1. The molecule has 3 rings (SSSR count). The van der Waals surface area contributed by atoms with E-state index in [2.05, 4.69) is 50.9 Å². The summed E-state index contributed by atoms with van der Waals surface area (Å²) >= 11 is 0. The van der Waals surface area contributed by atoms with Crippen LogP contribution in [0.15, 0.2) is 53.5 Å². The van der Waals surface area contributed by atoms with Crippen LogP contribution in [0.3, 0.4) is 0 Å². The Balaban J connectivity index is 0.00000261. The maximum absolute atomic E-state index is 5.39. The topological polar surface area (TPSA) is 48.9 Å². The predicted molar refractivity (Wildman–Crippen MR) is 122 cm³/mol. The summed E-state index contributed by atoms with van der Waals surface area (Å²) in [6.07, 6.45) is 1.14. The van der Waals surface area contributed by atoms with Gasteiger partial charge in [0.15, 0.2) is 5.96 Å². The van der Waals surface area contributed by atoms with Gasteiger partial charge in [-0.25, -0.2) is 0 Å². The molecule has 2 aromatic rings. The third kappa shape index (κ3) is 6.10. The van der Waals surface area contributed by atoms with Crippen molar-refractivity contribution in [3.05, 3.63) is 65.2 Å². The maximum Gasteiger partial charge on any atom is 0.191 e. The van der Waals surface area contributed by atoms with Crippen molar-refractivity contribution in [2.45, 2.75) is 19.5 Å². The van der Waals surface area contributed by atoms with Crippen molar-refractivity contribution in [1.82, 2.24) is 15.5 Å². The van der Waals surface area contributed by atoms with Gasteiger partial charge in [-0.05, 0) is 23.6 Å². The third-order valence-electron chi connectivity index (χ3n) is 4.79. The number of hydrogen-bond acceptors (Lipinski definition) is 3. The van der Waals surface area contributed by atoms with Gasteiger partial charge in [0.05, 0.1) is 7.11 Å². The van der Waals surface area contributed by atoms with Crippen LogP contribution in [0.5, 0.6) is 5.75 Å². The number of nitrogens with zero attached hydrogens (tertiary/aromatic N) is 2. The smallest absolute Gasteiger partial charge is 0.191 e. The second-order valence-corrected chi connectivity index (χ2v) is 6.46. The summed E-state index contributed by atoms with van der Waals surface area (Å²) in [6.45, 7) is 4.70. The quantitative estimate of drug-likeness (QED) is 0.379. The average molecular weight is 480 g/mol. The Morgan fingerprint density at radius 2 is 1.81 bits per heavy atom. The first-order valence-corrected chi connectivity index (χ1v) is 9.15. The molecule has 1 aliphatic rings. The van der Waals surface area contributed by atoms with Gasteiger partial charge in [0, 0.05) is 45.3 Å². The average Bonchev–Trinajstić information content (AvgIpc) is 2.70. The Kier molecular flexibility index (Phi) is 8.87. The van der Waals surface area contributed by atoms with Crippen molar-refractivity contribution < 1.29 is 4.74 Å². The number of methoxy groups -OCH3 is 1. The molecule has 0 amide bonds. The zero-order valence-corrected chi connectivity index (χ0v) is 18.4. The Morgan fingerprint density at radius 1 is 1.07 bits per heavy atom. The van der Waals surface area contributed by atoms with E-state index in [0.717, 1.165) is 49.9 Å². The highest BCUT2D eigenvalue weighted by Crippen LogP contribution is 2.18. The number of benzene rings is 2. The molecule has 0 aliphatic carbocycles. The lowest BCUT2D eigenvalue weighted by Gasteiger charge is -2.28.